The fourth-order valence-electron chi connectivity index (χ4n) is 15.3. The highest BCUT2D eigenvalue weighted by atomic mass is 32.2. The lowest BCUT2D eigenvalue weighted by molar-refractivity contribution is 0.488. The summed E-state index contributed by atoms with van der Waals surface area (Å²) < 4.78 is 10.7. The maximum atomic E-state index is 8.20. The van der Waals surface area contributed by atoms with Crippen molar-refractivity contribution in [1.29, 1.82) is 0 Å². The Morgan fingerprint density at radius 1 is 0.323 bits per heavy atom. The summed E-state index contributed by atoms with van der Waals surface area (Å²) in [4.78, 5) is 12.2. The number of benzene rings is 14. The van der Waals surface area contributed by atoms with Crippen LogP contribution in [-0.2, 0) is 0 Å². The van der Waals surface area contributed by atoms with Crippen LogP contribution in [-0.4, -0.2) is 13.4 Å². The first kappa shape index (κ1) is 53.6. The third-order valence-corrected chi connectivity index (χ3v) is 21.5. The first-order valence-electron chi connectivity index (χ1n) is 31.8. The van der Waals surface area contributed by atoms with Crippen molar-refractivity contribution in [3.63, 3.8) is 0 Å². The van der Waals surface area contributed by atoms with Crippen LogP contribution in [0.25, 0.3) is 42.4 Å². The largest absolute Gasteiger partial charge is 0.458 e. The molecule has 4 aliphatic heterocycles. The van der Waals surface area contributed by atoms with Gasteiger partial charge in [0, 0.05) is 110 Å². The summed E-state index contributed by atoms with van der Waals surface area (Å²) in [6.07, 6.45) is 0. The summed E-state index contributed by atoms with van der Waals surface area (Å²) >= 11 is 3.77. The Bertz CT molecular complexity index is 5110. The minimum Gasteiger partial charge on any atom is -0.458 e. The topological polar surface area (TPSA) is 22.2 Å². The Labute approximate surface area is 549 Å². The molecule has 0 unspecified atom stereocenters. The quantitative estimate of drug-likeness (QED) is 0.126. The van der Waals surface area contributed by atoms with E-state index in [0.29, 0.717) is 0 Å². The molecule has 0 aliphatic carbocycles. The molecule has 93 heavy (non-hydrogen) atoms. The summed E-state index contributed by atoms with van der Waals surface area (Å²) in [5.41, 5.74) is 24.9. The van der Waals surface area contributed by atoms with Crippen molar-refractivity contribution in [3.05, 3.63) is 328 Å². The molecular formula is C84H54B2N4OS2. The third kappa shape index (κ3) is 8.51. The molecule has 5 heterocycles. The fraction of sp³-hybridized carbons (Fsp3) is 0. The van der Waals surface area contributed by atoms with E-state index in [1.165, 1.54) is 57.4 Å². The van der Waals surface area contributed by atoms with E-state index in [1.54, 1.807) is 0 Å². The molecule has 0 spiro atoms. The standard InChI is InChI=1S/C84H54B2N4OS2/c1-7-28-55(29-8-1)87(56-30-9-2-10-31-56)61-50-74-80-76(52-61)91-82-70(85(80)68-45-22-24-47-72(68)89(74)59-36-15-5-16-37-59)54-71-84(79(82)65-42-20-19-40-63(65)66-43-27-44-67-64-41-21-26-49-77(64)92-83(66)67)93-78-53-62(88(57-32-11-3-12-33-57)58-34-13-4-14-35-58)51-75-81(78)86(71)69-46-23-25-48-73(69)90(75)60-38-17-6-18-39-60/h1-54H. The Balaban J connectivity index is 0.936. The minimum absolute atomic E-state index is 0.172. The van der Waals surface area contributed by atoms with Crippen molar-refractivity contribution >= 4 is 158 Å². The number of rotatable bonds is 10. The summed E-state index contributed by atoms with van der Waals surface area (Å²) in [5, 5.41) is 2.54. The highest BCUT2D eigenvalue weighted by molar-refractivity contribution is 8.00. The van der Waals surface area contributed by atoms with Gasteiger partial charge in [-0.3, -0.25) is 0 Å². The zero-order valence-electron chi connectivity index (χ0n) is 50.3. The first-order chi connectivity index (χ1) is 46.2. The van der Waals surface area contributed by atoms with Crippen LogP contribution in [0.5, 0.6) is 11.5 Å². The molecule has 0 amide bonds. The molecule has 4 aliphatic rings. The van der Waals surface area contributed by atoms with Gasteiger partial charge in [-0.1, -0.05) is 230 Å². The Kier molecular flexibility index (Phi) is 12.5. The number of thiophene rings is 1. The number of ether oxygens (including phenoxy) is 1. The molecule has 0 N–H and O–H groups in total. The molecule has 0 saturated heterocycles. The van der Waals surface area contributed by atoms with Gasteiger partial charge in [-0.15, -0.1) is 11.3 Å². The Morgan fingerprint density at radius 3 is 1.35 bits per heavy atom. The lowest BCUT2D eigenvalue weighted by atomic mass is 9.31. The highest BCUT2D eigenvalue weighted by Gasteiger charge is 2.48. The van der Waals surface area contributed by atoms with Crippen molar-refractivity contribution < 1.29 is 4.74 Å². The molecule has 0 bridgehead atoms. The predicted octanol–water partition coefficient (Wildman–Crippen LogP) is 19.5. The number of para-hydroxylation sites is 8. The average Bonchev–Trinajstić information content (AvgIpc) is 1.35. The second-order valence-electron chi connectivity index (χ2n) is 24.2. The van der Waals surface area contributed by atoms with E-state index in [4.69, 9.17) is 4.74 Å². The van der Waals surface area contributed by atoms with Gasteiger partial charge < -0.3 is 24.3 Å². The highest BCUT2D eigenvalue weighted by Crippen LogP contribution is 2.54. The molecule has 434 valence electrons. The van der Waals surface area contributed by atoms with Gasteiger partial charge in [0.05, 0.1) is 5.69 Å². The smallest absolute Gasteiger partial charge is 0.256 e. The molecule has 0 fully saturated rings. The fourth-order valence-corrected chi connectivity index (χ4v) is 17.8. The van der Waals surface area contributed by atoms with Crippen LogP contribution in [0.15, 0.2) is 337 Å². The molecule has 1 aromatic heterocycles. The van der Waals surface area contributed by atoms with Crippen molar-refractivity contribution in [2.75, 3.05) is 19.6 Å². The van der Waals surface area contributed by atoms with Crippen LogP contribution < -0.4 is 57.1 Å². The van der Waals surface area contributed by atoms with Gasteiger partial charge in [0.2, 0.25) is 6.71 Å². The molecule has 19 rings (SSSR count). The molecule has 9 heteroatoms. The van der Waals surface area contributed by atoms with Gasteiger partial charge in [-0.2, -0.15) is 0 Å². The number of fused-ring (bicyclic) bond motifs is 11. The van der Waals surface area contributed by atoms with Crippen molar-refractivity contribution in [2.45, 2.75) is 9.79 Å². The van der Waals surface area contributed by atoms with Crippen LogP contribution in [0.1, 0.15) is 0 Å². The van der Waals surface area contributed by atoms with E-state index < -0.39 is 0 Å². The van der Waals surface area contributed by atoms with Crippen LogP contribution >= 0.6 is 23.1 Å². The van der Waals surface area contributed by atoms with Gasteiger partial charge in [-0.25, -0.2) is 0 Å². The monoisotopic (exact) mass is 1220 g/mol. The van der Waals surface area contributed by atoms with Gasteiger partial charge in [0.1, 0.15) is 11.5 Å². The van der Waals surface area contributed by atoms with Crippen molar-refractivity contribution in [3.8, 4) is 33.8 Å². The number of hydrogen-bond donors (Lipinski definition) is 0. The number of nitrogens with zero attached hydrogens (tertiary/aromatic N) is 4. The van der Waals surface area contributed by atoms with Crippen molar-refractivity contribution in [2.24, 2.45) is 0 Å². The first-order valence-corrected chi connectivity index (χ1v) is 33.4. The molecule has 15 aromatic rings. The van der Waals surface area contributed by atoms with Gasteiger partial charge >= 0.3 is 0 Å². The Morgan fingerprint density at radius 2 is 0.774 bits per heavy atom. The molecule has 5 nitrogen and oxygen atoms in total. The summed E-state index contributed by atoms with van der Waals surface area (Å²) in [6.45, 7) is -0.403. The van der Waals surface area contributed by atoms with Crippen LogP contribution in [0.4, 0.5) is 68.2 Å². The lowest BCUT2D eigenvalue weighted by Crippen LogP contribution is -2.63. The summed E-state index contributed by atoms with van der Waals surface area (Å²) in [6, 6.07) is 120. The SMILES string of the molecule is c1ccc(N(c2ccccc2)c2cc3c4c(c2)N(c2ccccc2)c2ccccc2B4c2cc4c(c(-c5ccccc5-c5cccc6c5sc5ccccc56)c2O3)Sc2cc(N(c3ccccc3)c3ccccc3)cc3c2B4c2ccccc2N3c2ccccc2)cc1. The van der Waals surface area contributed by atoms with E-state index in [9.17, 15) is 0 Å². The zero-order valence-corrected chi connectivity index (χ0v) is 52.0. The van der Waals surface area contributed by atoms with Crippen LogP contribution in [0.2, 0.25) is 0 Å². The van der Waals surface area contributed by atoms with Crippen LogP contribution in [0, 0.1) is 0 Å². The van der Waals surface area contributed by atoms with Gasteiger partial charge in [-0.05, 0) is 148 Å². The molecule has 0 saturated carbocycles. The molecule has 0 radical (unpaired) electrons. The number of anilines is 12. The minimum atomic E-state index is -0.230. The Hall–Kier alpha value is -11.2. The van der Waals surface area contributed by atoms with Crippen molar-refractivity contribution in [1.82, 2.24) is 0 Å². The van der Waals surface area contributed by atoms with E-state index in [2.05, 4.69) is 347 Å². The lowest BCUT2D eigenvalue weighted by Gasteiger charge is -2.44. The number of hydrogen-bond acceptors (Lipinski definition) is 7. The molecule has 14 aromatic carbocycles. The van der Waals surface area contributed by atoms with E-state index in [1.807, 2.05) is 23.1 Å². The van der Waals surface area contributed by atoms with E-state index >= 15 is 0 Å². The third-order valence-electron chi connectivity index (χ3n) is 19.1. The van der Waals surface area contributed by atoms with E-state index in [0.717, 1.165) is 107 Å². The van der Waals surface area contributed by atoms with Crippen LogP contribution in [0.3, 0.4) is 0 Å². The zero-order chi connectivity index (χ0) is 61.1. The van der Waals surface area contributed by atoms with Gasteiger partial charge in [0.25, 0.3) is 6.71 Å². The summed E-state index contributed by atoms with van der Waals surface area (Å²) in [5.74, 6) is 1.70. The summed E-state index contributed by atoms with van der Waals surface area (Å²) in [7, 11) is 0. The normalized spacial score (nSPS) is 12.9. The molecule has 0 atom stereocenters. The maximum absolute atomic E-state index is 8.20. The van der Waals surface area contributed by atoms with E-state index in [-0.39, 0.29) is 13.4 Å². The maximum Gasteiger partial charge on any atom is 0.256 e. The second kappa shape index (κ2) is 21.7. The predicted molar refractivity (Wildman–Crippen MR) is 395 cm³/mol. The second-order valence-corrected chi connectivity index (χ2v) is 26.3. The average molecular weight is 1220 g/mol. The molecular weight excluding hydrogens is 1170 g/mol. The van der Waals surface area contributed by atoms with Gasteiger partial charge in [0.15, 0.2) is 0 Å².